The van der Waals surface area contributed by atoms with Crippen molar-refractivity contribution in [3.63, 3.8) is 0 Å². The van der Waals surface area contributed by atoms with E-state index < -0.39 is 0 Å². The maximum atomic E-state index is 5.91. The Morgan fingerprint density at radius 1 is 1.11 bits per heavy atom. The van der Waals surface area contributed by atoms with Crippen molar-refractivity contribution in [2.45, 2.75) is 19.4 Å². The molecule has 0 bridgehead atoms. The monoisotopic (exact) mass is 251 g/mol. The lowest BCUT2D eigenvalue weighted by molar-refractivity contribution is 0.729. The van der Waals surface area contributed by atoms with Gasteiger partial charge >= 0.3 is 0 Å². The predicted molar refractivity (Wildman–Crippen MR) is 78.0 cm³/mol. The Morgan fingerprint density at radius 2 is 1.84 bits per heavy atom. The summed E-state index contributed by atoms with van der Waals surface area (Å²) in [4.78, 5) is 4.78. The molecule has 96 valence electrons. The van der Waals surface area contributed by atoms with Crippen LogP contribution in [-0.2, 0) is 6.42 Å². The highest BCUT2D eigenvalue weighted by Crippen LogP contribution is 2.23. The summed E-state index contributed by atoms with van der Waals surface area (Å²) in [6, 6.07) is 16.5. The third kappa shape index (κ3) is 2.25. The van der Waals surface area contributed by atoms with Crippen molar-refractivity contribution in [2.24, 2.45) is 5.73 Å². The van der Waals surface area contributed by atoms with Gasteiger partial charge in [-0.3, -0.25) is 4.40 Å². The summed E-state index contributed by atoms with van der Waals surface area (Å²) >= 11 is 0. The standard InChI is InChI=1S/C16H17N3/c1-12(17)11-14-15-9-5-6-10-19(15)16(18-14)13-7-3-2-4-8-13/h2-10,12H,11,17H2,1H3. The van der Waals surface area contributed by atoms with Crippen molar-refractivity contribution >= 4 is 5.52 Å². The molecule has 0 aliphatic rings. The zero-order valence-corrected chi connectivity index (χ0v) is 11.0. The van der Waals surface area contributed by atoms with E-state index in [1.165, 1.54) is 0 Å². The minimum absolute atomic E-state index is 0.113. The minimum atomic E-state index is 0.113. The highest BCUT2D eigenvalue weighted by atomic mass is 15.0. The molecule has 0 saturated carbocycles. The molecule has 2 N–H and O–H groups in total. The van der Waals surface area contributed by atoms with E-state index in [1.54, 1.807) is 0 Å². The van der Waals surface area contributed by atoms with Gasteiger partial charge in [-0.2, -0.15) is 0 Å². The molecule has 0 aliphatic heterocycles. The summed E-state index contributed by atoms with van der Waals surface area (Å²) < 4.78 is 2.13. The van der Waals surface area contributed by atoms with E-state index >= 15 is 0 Å². The van der Waals surface area contributed by atoms with Crippen molar-refractivity contribution in [3.8, 4) is 11.4 Å². The Bertz CT molecular complexity index is 684. The summed E-state index contributed by atoms with van der Waals surface area (Å²) in [5, 5.41) is 0. The number of nitrogens with two attached hydrogens (primary N) is 1. The Labute approximate surface area is 112 Å². The van der Waals surface area contributed by atoms with E-state index in [2.05, 4.69) is 28.8 Å². The number of fused-ring (bicyclic) bond motifs is 1. The van der Waals surface area contributed by atoms with Gasteiger partial charge in [-0.25, -0.2) is 4.98 Å². The summed E-state index contributed by atoms with van der Waals surface area (Å²) in [6.07, 6.45) is 2.84. The van der Waals surface area contributed by atoms with E-state index in [0.717, 1.165) is 29.0 Å². The average molecular weight is 251 g/mol. The largest absolute Gasteiger partial charge is 0.328 e. The topological polar surface area (TPSA) is 43.3 Å². The molecule has 0 radical (unpaired) electrons. The molecule has 0 saturated heterocycles. The van der Waals surface area contributed by atoms with E-state index in [9.17, 15) is 0 Å². The van der Waals surface area contributed by atoms with Crippen LogP contribution in [0.5, 0.6) is 0 Å². The van der Waals surface area contributed by atoms with Crippen LogP contribution in [0.1, 0.15) is 12.6 Å². The van der Waals surface area contributed by atoms with Gasteiger partial charge in [0.15, 0.2) is 0 Å². The quantitative estimate of drug-likeness (QED) is 0.777. The first kappa shape index (κ1) is 11.9. The number of aromatic nitrogens is 2. The molecule has 1 aromatic carbocycles. The second-order valence-electron chi connectivity index (χ2n) is 4.89. The normalized spacial score (nSPS) is 12.7. The van der Waals surface area contributed by atoms with Crippen LogP contribution >= 0.6 is 0 Å². The Morgan fingerprint density at radius 3 is 2.58 bits per heavy atom. The fourth-order valence-electron chi connectivity index (χ4n) is 2.35. The molecule has 3 rings (SSSR count). The number of imidazole rings is 1. The number of pyridine rings is 1. The van der Waals surface area contributed by atoms with E-state index in [-0.39, 0.29) is 6.04 Å². The van der Waals surface area contributed by atoms with Crippen molar-refractivity contribution < 1.29 is 0 Å². The number of hydrogen-bond acceptors (Lipinski definition) is 2. The first-order chi connectivity index (χ1) is 9.25. The van der Waals surface area contributed by atoms with Crippen molar-refractivity contribution in [1.29, 1.82) is 0 Å². The Hall–Kier alpha value is -2.13. The van der Waals surface area contributed by atoms with Gasteiger partial charge in [0, 0.05) is 24.2 Å². The Balaban J connectivity index is 2.20. The average Bonchev–Trinajstić information content (AvgIpc) is 2.78. The van der Waals surface area contributed by atoms with Crippen LogP contribution in [0.2, 0.25) is 0 Å². The number of nitrogens with zero attached hydrogens (tertiary/aromatic N) is 2. The number of rotatable bonds is 3. The third-order valence-electron chi connectivity index (χ3n) is 3.17. The molecule has 1 atom stereocenters. The van der Waals surface area contributed by atoms with Crippen LogP contribution in [0.25, 0.3) is 16.9 Å². The lowest BCUT2D eigenvalue weighted by atomic mass is 10.2. The van der Waals surface area contributed by atoms with Gasteiger partial charge in [-0.1, -0.05) is 36.4 Å². The van der Waals surface area contributed by atoms with Gasteiger partial charge in [0.25, 0.3) is 0 Å². The molecular formula is C16H17N3. The molecule has 1 unspecified atom stereocenters. The summed E-state index contributed by atoms with van der Waals surface area (Å²) in [6.45, 7) is 2.01. The van der Waals surface area contributed by atoms with Crippen LogP contribution in [0, 0.1) is 0 Å². The maximum absolute atomic E-state index is 5.91. The number of hydrogen-bond donors (Lipinski definition) is 1. The smallest absolute Gasteiger partial charge is 0.144 e. The van der Waals surface area contributed by atoms with E-state index in [1.807, 2.05) is 37.3 Å². The van der Waals surface area contributed by atoms with Gasteiger partial charge < -0.3 is 5.73 Å². The van der Waals surface area contributed by atoms with Crippen LogP contribution in [0.3, 0.4) is 0 Å². The summed E-state index contributed by atoms with van der Waals surface area (Å²) in [7, 11) is 0. The van der Waals surface area contributed by atoms with Crippen molar-refractivity contribution in [1.82, 2.24) is 9.38 Å². The molecule has 19 heavy (non-hydrogen) atoms. The van der Waals surface area contributed by atoms with E-state index in [4.69, 9.17) is 10.7 Å². The van der Waals surface area contributed by atoms with Gasteiger partial charge in [0.1, 0.15) is 5.82 Å². The van der Waals surface area contributed by atoms with Crippen LogP contribution < -0.4 is 5.73 Å². The first-order valence-electron chi connectivity index (χ1n) is 6.52. The zero-order valence-electron chi connectivity index (χ0n) is 11.0. The van der Waals surface area contributed by atoms with Crippen molar-refractivity contribution in [2.75, 3.05) is 0 Å². The zero-order chi connectivity index (χ0) is 13.2. The van der Waals surface area contributed by atoms with Gasteiger partial charge in [0.2, 0.25) is 0 Å². The van der Waals surface area contributed by atoms with Gasteiger partial charge in [0.05, 0.1) is 11.2 Å². The summed E-state index contributed by atoms with van der Waals surface area (Å²) in [5.41, 5.74) is 9.24. The molecule has 0 aliphatic carbocycles. The number of benzene rings is 1. The minimum Gasteiger partial charge on any atom is -0.328 e. The first-order valence-corrected chi connectivity index (χ1v) is 6.52. The molecule has 2 heterocycles. The fraction of sp³-hybridized carbons (Fsp3) is 0.188. The Kier molecular flexibility index (Phi) is 3.05. The van der Waals surface area contributed by atoms with Crippen LogP contribution in [0.4, 0.5) is 0 Å². The summed E-state index contributed by atoms with van der Waals surface area (Å²) in [5.74, 6) is 0.979. The maximum Gasteiger partial charge on any atom is 0.144 e. The molecule has 0 spiro atoms. The molecule has 3 heteroatoms. The second kappa shape index (κ2) is 4.86. The van der Waals surface area contributed by atoms with Gasteiger partial charge in [-0.15, -0.1) is 0 Å². The molecule has 3 aromatic rings. The lowest BCUT2D eigenvalue weighted by Gasteiger charge is -2.01. The SMILES string of the molecule is CC(N)Cc1nc(-c2ccccc2)n2ccccc12. The molecular weight excluding hydrogens is 234 g/mol. The molecule has 0 fully saturated rings. The predicted octanol–water partition coefficient (Wildman–Crippen LogP) is 2.89. The van der Waals surface area contributed by atoms with Crippen LogP contribution in [0.15, 0.2) is 54.7 Å². The van der Waals surface area contributed by atoms with Crippen LogP contribution in [-0.4, -0.2) is 15.4 Å². The van der Waals surface area contributed by atoms with E-state index in [0.29, 0.717) is 0 Å². The van der Waals surface area contributed by atoms with Gasteiger partial charge in [-0.05, 0) is 19.1 Å². The third-order valence-corrected chi connectivity index (χ3v) is 3.17. The molecule has 0 amide bonds. The second-order valence-corrected chi connectivity index (χ2v) is 4.89. The fourth-order valence-corrected chi connectivity index (χ4v) is 2.35. The lowest BCUT2D eigenvalue weighted by Crippen LogP contribution is -2.18. The molecule has 3 nitrogen and oxygen atoms in total. The molecule has 2 aromatic heterocycles. The highest BCUT2D eigenvalue weighted by molar-refractivity contribution is 5.65. The highest BCUT2D eigenvalue weighted by Gasteiger charge is 2.12. The van der Waals surface area contributed by atoms with Crippen molar-refractivity contribution in [3.05, 3.63) is 60.4 Å².